The van der Waals surface area contributed by atoms with E-state index in [4.69, 9.17) is 4.74 Å². The summed E-state index contributed by atoms with van der Waals surface area (Å²) in [4.78, 5) is 11.6. The van der Waals surface area contributed by atoms with E-state index in [9.17, 15) is 4.79 Å². The van der Waals surface area contributed by atoms with Crippen LogP contribution in [0.5, 0.6) is 0 Å². The van der Waals surface area contributed by atoms with Crippen molar-refractivity contribution in [3.05, 3.63) is 33.8 Å². The molecule has 0 fully saturated rings. The molecule has 0 aliphatic rings. The third-order valence-electron chi connectivity index (χ3n) is 2.32. The van der Waals surface area contributed by atoms with Crippen molar-refractivity contribution in [2.24, 2.45) is 0 Å². The molecule has 0 aliphatic heterocycles. The molecule has 0 bridgehead atoms. The third kappa shape index (κ3) is 5.35. The van der Waals surface area contributed by atoms with Gasteiger partial charge in [-0.2, -0.15) is 0 Å². The maximum absolute atomic E-state index is 11.6. The summed E-state index contributed by atoms with van der Waals surface area (Å²) in [6, 6.07) is 6.10. The Morgan fingerprint density at radius 3 is 2.53 bits per heavy atom. The highest BCUT2D eigenvalue weighted by atomic mass is 79.9. The Kier molecular flexibility index (Phi) is 4.75. The average molecular weight is 299 g/mol. The van der Waals surface area contributed by atoms with E-state index in [1.165, 1.54) is 11.1 Å². The smallest absolute Gasteiger partial charge is 0.306 e. The lowest BCUT2D eigenvalue weighted by molar-refractivity contribution is -0.154. The number of hydrogen-bond donors (Lipinski definition) is 0. The zero-order chi connectivity index (χ0) is 13.1. The number of esters is 1. The predicted molar refractivity (Wildman–Crippen MR) is 73.0 cm³/mol. The molecule has 0 N–H and O–H groups in total. The fourth-order valence-electron chi connectivity index (χ4n) is 1.57. The predicted octanol–water partition coefficient (Wildman–Crippen LogP) is 4.03. The average Bonchev–Trinajstić information content (AvgIpc) is 2.13. The first-order chi connectivity index (χ1) is 7.78. The maximum Gasteiger partial charge on any atom is 0.306 e. The van der Waals surface area contributed by atoms with Crippen LogP contribution in [0.3, 0.4) is 0 Å². The fourth-order valence-corrected chi connectivity index (χ4v) is 2.04. The van der Waals surface area contributed by atoms with Gasteiger partial charge in [0.25, 0.3) is 0 Å². The minimum atomic E-state index is -0.397. The van der Waals surface area contributed by atoms with E-state index in [-0.39, 0.29) is 5.97 Å². The van der Waals surface area contributed by atoms with Gasteiger partial charge in [-0.05, 0) is 57.4 Å². The van der Waals surface area contributed by atoms with Crippen LogP contribution in [0.1, 0.15) is 38.3 Å². The first-order valence-corrected chi connectivity index (χ1v) is 6.54. The molecule has 1 rings (SSSR count). The van der Waals surface area contributed by atoms with Gasteiger partial charge in [0.2, 0.25) is 0 Å². The van der Waals surface area contributed by atoms with Crippen LogP contribution in [0.4, 0.5) is 0 Å². The van der Waals surface area contributed by atoms with E-state index >= 15 is 0 Å². The van der Waals surface area contributed by atoms with Crippen molar-refractivity contribution in [1.29, 1.82) is 0 Å². The second-order valence-electron chi connectivity index (χ2n) is 5.16. The summed E-state index contributed by atoms with van der Waals surface area (Å²) in [6.45, 7) is 7.70. The molecule has 94 valence electrons. The lowest BCUT2D eigenvalue weighted by Crippen LogP contribution is -2.24. The number of hydrogen-bond acceptors (Lipinski definition) is 2. The Morgan fingerprint density at radius 1 is 1.35 bits per heavy atom. The molecule has 0 saturated carbocycles. The van der Waals surface area contributed by atoms with Crippen molar-refractivity contribution < 1.29 is 9.53 Å². The van der Waals surface area contributed by atoms with E-state index in [1.54, 1.807) is 0 Å². The van der Waals surface area contributed by atoms with Gasteiger partial charge in [-0.25, -0.2) is 0 Å². The van der Waals surface area contributed by atoms with Crippen molar-refractivity contribution in [2.45, 2.75) is 46.1 Å². The Labute approximate surface area is 111 Å². The summed E-state index contributed by atoms with van der Waals surface area (Å²) < 4.78 is 6.34. The first kappa shape index (κ1) is 14.2. The van der Waals surface area contributed by atoms with Gasteiger partial charge in [0.1, 0.15) is 5.60 Å². The summed E-state index contributed by atoms with van der Waals surface area (Å²) in [7, 11) is 0. The molecular weight excluding hydrogens is 280 g/mol. The van der Waals surface area contributed by atoms with Crippen LogP contribution in [0, 0.1) is 6.92 Å². The zero-order valence-corrected chi connectivity index (χ0v) is 12.4. The van der Waals surface area contributed by atoms with E-state index < -0.39 is 5.60 Å². The van der Waals surface area contributed by atoms with Crippen LogP contribution < -0.4 is 0 Å². The molecule has 2 nitrogen and oxygen atoms in total. The van der Waals surface area contributed by atoms with Crippen molar-refractivity contribution in [3.63, 3.8) is 0 Å². The molecule has 0 spiro atoms. The minimum Gasteiger partial charge on any atom is -0.460 e. The minimum absolute atomic E-state index is 0.139. The lowest BCUT2D eigenvalue weighted by Gasteiger charge is -2.19. The Balaban J connectivity index is 2.53. The second kappa shape index (κ2) is 5.67. The highest BCUT2D eigenvalue weighted by molar-refractivity contribution is 9.10. The van der Waals surface area contributed by atoms with Crippen LogP contribution in [-0.2, 0) is 16.0 Å². The van der Waals surface area contributed by atoms with Crippen molar-refractivity contribution >= 4 is 21.9 Å². The van der Waals surface area contributed by atoms with Gasteiger partial charge in [-0.3, -0.25) is 4.79 Å². The van der Waals surface area contributed by atoms with Gasteiger partial charge in [-0.1, -0.05) is 22.0 Å². The number of benzene rings is 1. The molecule has 0 saturated heterocycles. The molecule has 3 heteroatoms. The topological polar surface area (TPSA) is 26.3 Å². The quantitative estimate of drug-likeness (QED) is 0.788. The zero-order valence-electron chi connectivity index (χ0n) is 10.8. The SMILES string of the molecule is Cc1cc(Br)ccc1CCC(=O)OC(C)(C)C. The summed E-state index contributed by atoms with van der Waals surface area (Å²) in [5.74, 6) is -0.139. The fraction of sp³-hybridized carbons (Fsp3) is 0.500. The van der Waals surface area contributed by atoms with Gasteiger partial charge < -0.3 is 4.74 Å². The van der Waals surface area contributed by atoms with Crippen molar-refractivity contribution in [3.8, 4) is 0 Å². The summed E-state index contributed by atoms with van der Waals surface area (Å²) in [5, 5.41) is 0. The highest BCUT2D eigenvalue weighted by Crippen LogP contribution is 2.18. The number of carbonyl (C=O) groups is 1. The van der Waals surface area contributed by atoms with E-state index in [0.717, 1.165) is 10.9 Å². The summed E-state index contributed by atoms with van der Waals surface area (Å²) in [5.41, 5.74) is 1.99. The normalized spacial score (nSPS) is 11.4. The van der Waals surface area contributed by atoms with Gasteiger partial charge >= 0.3 is 5.97 Å². The molecule has 0 aliphatic carbocycles. The van der Waals surface area contributed by atoms with E-state index in [0.29, 0.717) is 6.42 Å². The highest BCUT2D eigenvalue weighted by Gasteiger charge is 2.16. The second-order valence-corrected chi connectivity index (χ2v) is 6.07. The summed E-state index contributed by atoms with van der Waals surface area (Å²) >= 11 is 3.42. The molecule has 0 atom stereocenters. The third-order valence-corrected chi connectivity index (χ3v) is 2.82. The molecule has 0 amide bonds. The number of ether oxygens (including phenoxy) is 1. The standard InChI is InChI=1S/C14H19BrO2/c1-10-9-12(15)7-5-11(10)6-8-13(16)17-14(2,3)4/h5,7,9H,6,8H2,1-4H3. The molecule has 0 unspecified atom stereocenters. The monoisotopic (exact) mass is 298 g/mol. The van der Waals surface area contributed by atoms with Crippen LogP contribution in [0.2, 0.25) is 0 Å². The Hall–Kier alpha value is -0.830. The lowest BCUT2D eigenvalue weighted by atomic mass is 10.0. The number of aryl methyl sites for hydroxylation is 2. The van der Waals surface area contributed by atoms with E-state index in [2.05, 4.69) is 28.9 Å². The van der Waals surface area contributed by atoms with Gasteiger partial charge in [0.05, 0.1) is 0 Å². The maximum atomic E-state index is 11.6. The number of carbonyl (C=O) groups excluding carboxylic acids is 1. The van der Waals surface area contributed by atoms with Crippen molar-refractivity contribution in [1.82, 2.24) is 0 Å². The van der Waals surface area contributed by atoms with Gasteiger partial charge in [0, 0.05) is 10.9 Å². The molecule has 1 aromatic carbocycles. The van der Waals surface area contributed by atoms with Crippen LogP contribution in [0.25, 0.3) is 0 Å². The molecule has 1 aromatic rings. The Bertz CT molecular complexity index is 405. The van der Waals surface area contributed by atoms with Gasteiger partial charge in [0.15, 0.2) is 0 Å². The van der Waals surface area contributed by atoms with Crippen LogP contribution in [0.15, 0.2) is 22.7 Å². The first-order valence-electron chi connectivity index (χ1n) is 5.75. The molecule has 0 heterocycles. The molecular formula is C14H19BrO2. The summed E-state index contributed by atoms with van der Waals surface area (Å²) in [6.07, 6.45) is 1.16. The van der Waals surface area contributed by atoms with Crippen LogP contribution >= 0.6 is 15.9 Å². The van der Waals surface area contributed by atoms with Crippen molar-refractivity contribution in [2.75, 3.05) is 0 Å². The molecule has 0 aromatic heterocycles. The molecule has 17 heavy (non-hydrogen) atoms. The number of halogens is 1. The largest absolute Gasteiger partial charge is 0.460 e. The Morgan fingerprint density at radius 2 is 2.00 bits per heavy atom. The van der Waals surface area contributed by atoms with E-state index in [1.807, 2.05) is 32.9 Å². The number of rotatable bonds is 3. The van der Waals surface area contributed by atoms with Crippen LogP contribution in [-0.4, -0.2) is 11.6 Å². The van der Waals surface area contributed by atoms with Gasteiger partial charge in [-0.15, -0.1) is 0 Å². The molecule has 0 radical (unpaired) electrons.